The topological polar surface area (TPSA) is 79.8 Å². The predicted molar refractivity (Wildman–Crippen MR) is 120 cm³/mol. The third kappa shape index (κ3) is 6.28. The number of amides is 2. The molecule has 0 aliphatic carbocycles. The number of halogens is 1. The highest BCUT2D eigenvalue weighted by molar-refractivity contribution is 9.10. The summed E-state index contributed by atoms with van der Waals surface area (Å²) >= 11 is 3.31. The number of ether oxygens (including phenoxy) is 1. The largest absolute Gasteiger partial charge is 0.489 e. The second kappa shape index (κ2) is 10.4. The highest BCUT2D eigenvalue weighted by atomic mass is 79.9. The third-order valence-electron chi connectivity index (χ3n) is 4.15. The average Bonchev–Trinajstić information content (AvgIpc) is 2.78. The smallest absolute Gasteiger partial charge is 0.329 e. The molecule has 0 atom stereocenters. The van der Waals surface area contributed by atoms with Gasteiger partial charge in [-0.25, -0.2) is 5.43 Å². The lowest BCUT2D eigenvalue weighted by Gasteiger charge is -2.08. The fourth-order valence-electron chi connectivity index (χ4n) is 2.50. The van der Waals surface area contributed by atoms with E-state index in [0.29, 0.717) is 18.0 Å². The first-order valence-corrected chi connectivity index (χ1v) is 9.99. The van der Waals surface area contributed by atoms with E-state index in [0.717, 1.165) is 21.3 Å². The number of nitrogens with zero attached hydrogens (tertiary/aromatic N) is 1. The van der Waals surface area contributed by atoms with Crippen molar-refractivity contribution in [3.8, 4) is 5.75 Å². The fraction of sp³-hybridized carbons (Fsp3) is 0.0870. The summed E-state index contributed by atoms with van der Waals surface area (Å²) in [5, 5.41) is 6.51. The second-order valence-corrected chi connectivity index (χ2v) is 7.31. The molecule has 6 nitrogen and oxygen atoms in total. The van der Waals surface area contributed by atoms with Crippen LogP contribution in [0.25, 0.3) is 0 Å². The molecule has 152 valence electrons. The Labute approximate surface area is 183 Å². The Hall–Kier alpha value is -3.45. The molecule has 3 aromatic rings. The summed E-state index contributed by atoms with van der Waals surface area (Å²) in [4.78, 5) is 23.9. The van der Waals surface area contributed by atoms with E-state index in [2.05, 4.69) is 31.8 Å². The lowest BCUT2D eigenvalue weighted by Crippen LogP contribution is -2.32. The van der Waals surface area contributed by atoms with Crippen molar-refractivity contribution in [3.63, 3.8) is 0 Å². The lowest BCUT2D eigenvalue weighted by atomic mass is 10.1. The van der Waals surface area contributed by atoms with E-state index in [-0.39, 0.29) is 0 Å². The van der Waals surface area contributed by atoms with Crippen LogP contribution in [0.2, 0.25) is 0 Å². The summed E-state index contributed by atoms with van der Waals surface area (Å²) in [7, 11) is 0. The number of hydrogen-bond acceptors (Lipinski definition) is 4. The van der Waals surface area contributed by atoms with Crippen molar-refractivity contribution in [3.05, 3.63) is 94.5 Å². The van der Waals surface area contributed by atoms with Crippen molar-refractivity contribution < 1.29 is 14.3 Å². The molecule has 2 N–H and O–H groups in total. The van der Waals surface area contributed by atoms with Crippen LogP contribution in [0.4, 0.5) is 5.69 Å². The molecule has 0 aliphatic heterocycles. The van der Waals surface area contributed by atoms with Crippen molar-refractivity contribution in [1.82, 2.24) is 5.43 Å². The van der Waals surface area contributed by atoms with E-state index in [1.165, 1.54) is 0 Å². The maximum atomic E-state index is 12.0. The van der Waals surface area contributed by atoms with Gasteiger partial charge < -0.3 is 10.1 Å². The fourth-order valence-corrected chi connectivity index (χ4v) is 2.77. The zero-order valence-corrected chi connectivity index (χ0v) is 17.8. The summed E-state index contributed by atoms with van der Waals surface area (Å²) in [6, 6.07) is 24.1. The van der Waals surface area contributed by atoms with E-state index in [4.69, 9.17) is 4.74 Å². The molecule has 0 aromatic heterocycles. The van der Waals surface area contributed by atoms with E-state index >= 15 is 0 Å². The maximum absolute atomic E-state index is 12.0. The number of rotatable bonds is 6. The first-order chi connectivity index (χ1) is 14.5. The van der Waals surface area contributed by atoms with Gasteiger partial charge in [0.25, 0.3) is 0 Å². The van der Waals surface area contributed by atoms with Crippen LogP contribution < -0.4 is 15.5 Å². The number of carbonyl (C=O) groups excluding carboxylic acids is 2. The molecule has 0 aliphatic rings. The monoisotopic (exact) mass is 465 g/mol. The van der Waals surface area contributed by atoms with Gasteiger partial charge in [-0.2, -0.15) is 5.10 Å². The van der Waals surface area contributed by atoms with Crippen LogP contribution in [0.15, 0.2) is 88.4 Å². The Bertz CT molecular complexity index is 1030. The molecule has 2 amide bonds. The Balaban J connectivity index is 1.52. The summed E-state index contributed by atoms with van der Waals surface area (Å²) in [6.07, 6.45) is 0. The molecule has 3 aromatic carbocycles. The van der Waals surface area contributed by atoms with Crippen molar-refractivity contribution in [2.45, 2.75) is 13.5 Å². The average molecular weight is 466 g/mol. The Morgan fingerprint density at radius 2 is 1.57 bits per heavy atom. The molecular formula is C23H20BrN3O3. The quantitative estimate of drug-likeness (QED) is 0.319. The minimum Gasteiger partial charge on any atom is -0.489 e. The SMILES string of the molecule is CC(=NNC(=O)C(=O)Nc1ccc(Br)cc1)c1ccc(OCc2ccccc2)cc1. The van der Waals surface area contributed by atoms with Crippen molar-refractivity contribution in [2.75, 3.05) is 5.32 Å². The maximum Gasteiger partial charge on any atom is 0.329 e. The van der Waals surface area contributed by atoms with Gasteiger partial charge in [0.15, 0.2) is 0 Å². The van der Waals surface area contributed by atoms with Crippen LogP contribution in [-0.4, -0.2) is 17.5 Å². The van der Waals surface area contributed by atoms with Crippen LogP contribution in [0.5, 0.6) is 5.75 Å². The van der Waals surface area contributed by atoms with E-state index in [1.807, 2.05) is 54.6 Å². The molecule has 0 saturated heterocycles. The molecule has 0 bridgehead atoms. The standard InChI is InChI=1S/C23H20BrN3O3/c1-16(26-27-23(29)22(28)25-20-11-9-19(24)10-12-20)18-7-13-21(14-8-18)30-15-17-5-3-2-4-6-17/h2-14H,15H2,1H3,(H,25,28)(H,27,29). The second-order valence-electron chi connectivity index (χ2n) is 6.40. The summed E-state index contributed by atoms with van der Waals surface area (Å²) < 4.78 is 6.63. The van der Waals surface area contributed by atoms with Gasteiger partial charge in [0, 0.05) is 10.2 Å². The molecule has 0 fully saturated rings. The number of benzene rings is 3. The molecule has 30 heavy (non-hydrogen) atoms. The molecule has 0 radical (unpaired) electrons. The van der Waals surface area contributed by atoms with Crippen LogP contribution in [0.1, 0.15) is 18.1 Å². The number of nitrogens with one attached hydrogen (secondary N) is 2. The number of anilines is 1. The van der Waals surface area contributed by atoms with Gasteiger partial charge in [-0.05, 0) is 66.6 Å². The van der Waals surface area contributed by atoms with Crippen LogP contribution in [0, 0.1) is 0 Å². The normalized spacial score (nSPS) is 10.9. The van der Waals surface area contributed by atoms with Gasteiger partial charge in [-0.1, -0.05) is 46.3 Å². The van der Waals surface area contributed by atoms with Gasteiger partial charge in [0.1, 0.15) is 12.4 Å². The first kappa shape index (κ1) is 21.3. The molecule has 0 spiro atoms. The Kier molecular flexibility index (Phi) is 7.34. The summed E-state index contributed by atoms with van der Waals surface area (Å²) in [6.45, 7) is 2.23. The Morgan fingerprint density at radius 3 is 2.23 bits per heavy atom. The molecule has 0 saturated carbocycles. The first-order valence-electron chi connectivity index (χ1n) is 9.19. The van der Waals surface area contributed by atoms with Crippen molar-refractivity contribution in [1.29, 1.82) is 0 Å². The zero-order valence-electron chi connectivity index (χ0n) is 16.3. The van der Waals surface area contributed by atoms with Crippen molar-refractivity contribution in [2.24, 2.45) is 5.10 Å². The summed E-state index contributed by atoms with van der Waals surface area (Å²) in [5.74, 6) is -0.910. The Morgan fingerprint density at radius 1 is 0.900 bits per heavy atom. The van der Waals surface area contributed by atoms with E-state index in [9.17, 15) is 9.59 Å². The molecule has 0 unspecified atom stereocenters. The van der Waals surface area contributed by atoms with Gasteiger partial charge in [0.05, 0.1) is 5.71 Å². The minimum absolute atomic E-state index is 0.483. The molecule has 3 rings (SSSR count). The van der Waals surface area contributed by atoms with Gasteiger partial charge in [-0.3, -0.25) is 9.59 Å². The summed E-state index contributed by atoms with van der Waals surface area (Å²) in [5.41, 5.74) is 5.24. The van der Waals surface area contributed by atoms with Crippen molar-refractivity contribution >= 4 is 39.1 Å². The molecule has 7 heteroatoms. The number of hydrazone groups is 1. The lowest BCUT2D eigenvalue weighted by molar-refractivity contribution is -0.136. The van der Waals surface area contributed by atoms with Crippen LogP contribution in [0.3, 0.4) is 0 Å². The zero-order chi connectivity index (χ0) is 21.3. The van der Waals surface area contributed by atoms with Crippen LogP contribution >= 0.6 is 15.9 Å². The molecular weight excluding hydrogens is 446 g/mol. The highest BCUT2D eigenvalue weighted by Gasteiger charge is 2.13. The predicted octanol–water partition coefficient (Wildman–Crippen LogP) is 4.51. The number of hydrogen-bond donors (Lipinski definition) is 2. The third-order valence-corrected chi connectivity index (χ3v) is 4.68. The van der Waals surface area contributed by atoms with Gasteiger partial charge in [0.2, 0.25) is 0 Å². The van der Waals surface area contributed by atoms with E-state index in [1.54, 1.807) is 31.2 Å². The minimum atomic E-state index is -0.847. The molecule has 0 heterocycles. The van der Waals surface area contributed by atoms with E-state index < -0.39 is 11.8 Å². The van der Waals surface area contributed by atoms with Gasteiger partial charge in [-0.15, -0.1) is 0 Å². The number of carbonyl (C=O) groups is 2. The van der Waals surface area contributed by atoms with Gasteiger partial charge >= 0.3 is 11.8 Å². The highest BCUT2D eigenvalue weighted by Crippen LogP contribution is 2.15. The van der Waals surface area contributed by atoms with Crippen LogP contribution in [-0.2, 0) is 16.2 Å².